The molecule has 240 valence electrons. The molecule has 4 aromatic rings. The van der Waals surface area contributed by atoms with E-state index in [-0.39, 0.29) is 37.3 Å². The fourth-order valence-corrected chi connectivity index (χ4v) is 5.90. The highest BCUT2D eigenvalue weighted by atomic mass is 16.7. The van der Waals surface area contributed by atoms with Gasteiger partial charge in [-0.05, 0) is 72.7 Å². The summed E-state index contributed by atoms with van der Waals surface area (Å²) in [6.45, 7) is 14.7. The number of carbonyl (C=O) groups excluding carboxylic acids is 2. The Morgan fingerprint density at radius 2 is 1.78 bits per heavy atom. The first kappa shape index (κ1) is 32.0. The van der Waals surface area contributed by atoms with Crippen LogP contribution in [-0.4, -0.2) is 88.0 Å². The SMILES string of the molecule is CCOC(=O)c1nc(-c2cc3cn(C)nc3c(C)c2OCOC)nc2ccc(N3C[C@@H](C)N(C(=O)OC(C)(C)C)[C@H](C)C3)cc12. The quantitative estimate of drug-likeness (QED) is 0.194. The van der Waals surface area contributed by atoms with Crippen LogP contribution < -0.4 is 9.64 Å². The summed E-state index contributed by atoms with van der Waals surface area (Å²) < 4.78 is 24.1. The molecule has 0 unspecified atom stereocenters. The van der Waals surface area contributed by atoms with Crippen molar-refractivity contribution in [2.45, 2.75) is 66.2 Å². The average Bonchev–Trinajstić information content (AvgIpc) is 3.35. The molecule has 45 heavy (non-hydrogen) atoms. The van der Waals surface area contributed by atoms with E-state index >= 15 is 0 Å². The van der Waals surface area contributed by atoms with Crippen molar-refractivity contribution in [1.82, 2.24) is 24.6 Å². The van der Waals surface area contributed by atoms with Crippen LogP contribution in [0.2, 0.25) is 0 Å². The number of nitrogens with zero attached hydrogens (tertiary/aromatic N) is 6. The Bertz CT molecular complexity index is 1730. The molecule has 2 atom stereocenters. The molecule has 1 fully saturated rings. The topological polar surface area (TPSA) is 121 Å². The van der Waals surface area contributed by atoms with Crippen LogP contribution in [-0.2, 0) is 21.3 Å². The van der Waals surface area contributed by atoms with Crippen molar-refractivity contribution in [2.75, 3.05) is 38.5 Å². The van der Waals surface area contributed by atoms with E-state index in [1.807, 2.05) is 79.1 Å². The summed E-state index contributed by atoms with van der Waals surface area (Å²) in [6, 6.07) is 7.51. The van der Waals surface area contributed by atoms with Gasteiger partial charge in [0, 0.05) is 55.5 Å². The van der Waals surface area contributed by atoms with Crippen molar-refractivity contribution < 1.29 is 28.5 Å². The summed E-state index contributed by atoms with van der Waals surface area (Å²) in [7, 11) is 3.41. The summed E-state index contributed by atoms with van der Waals surface area (Å²) in [4.78, 5) is 40.0. The van der Waals surface area contributed by atoms with Gasteiger partial charge in [-0.2, -0.15) is 5.10 Å². The van der Waals surface area contributed by atoms with Gasteiger partial charge in [0.2, 0.25) is 0 Å². The number of carbonyl (C=O) groups is 2. The van der Waals surface area contributed by atoms with Crippen molar-refractivity contribution in [3.05, 3.63) is 41.7 Å². The maximum atomic E-state index is 13.4. The van der Waals surface area contributed by atoms with Gasteiger partial charge in [0.05, 0.1) is 35.3 Å². The van der Waals surface area contributed by atoms with Crippen LogP contribution in [0.15, 0.2) is 30.5 Å². The van der Waals surface area contributed by atoms with E-state index in [2.05, 4.69) is 10.00 Å². The van der Waals surface area contributed by atoms with Gasteiger partial charge in [0.1, 0.15) is 11.4 Å². The minimum Gasteiger partial charge on any atom is -0.466 e. The lowest BCUT2D eigenvalue weighted by Crippen LogP contribution is -2.59. The highest BCUT2D eigenvalue weighted by molar-refractivity contribution is 6.03. The molecular weight excluding hydrogens is 576 g/mol. The van der Waals surface area contributed by atoms with Crippen molar-refractivity contribution >= 4 is 39.6 Å². The molecule has 5 rings (SSSR count). The fourth-order valence-electron chi connectivity index (χ4n) is 5.90. The van der Waals surface area contributed by atoms with Crippen LogP contribution in [0, 0.1) is 6.92 Å². The van der Waals surface area contributed by atoms with E-state index in [0.717, 1.165) is 22.2 Å². The summed E-state index contributed by atoms with van der Waals surface area (Å²) >= 11 is 0. The van der Waals surface area contributed by atoms with Crippen LogP contribution in [0.3, 0.4) is 0 Å². The van der Waals surface area contributed by atoms with Gasteiger partial charge < -0.3 is 23.8 Å². The zero-order valence-electron chi connectivity index (χ0n) is 27.5. The van der Waals surface area contributed by atoms with Crippen LogP contribution in [0.5, 0.6) is 5.75 Å². The number of piperazine rings is 1. The van der Waals surface area contributed by atoms with Gasteiger partial charge in [-0.1, -0.05) is 0 Å². The Labute approximate surface area is 263 Å². The van der Waals surface area contributed by atoms with E-state index < -0.39 is 11.6 Å². The fraction of sp³-hybridized carbons (Fsp3) is 0.485. The number of hydrogen-bond acceptors (Lipinski definition) is 10. The third-order valence-corrected chi connectivity index (χ3v) is 7.70. The van der Waals surface area contributed by atoms with Gasteiger partial charge in [-0.25, -0.2) is 19.6 Å². The normalized spacial score (nSPS) is 17.2. The predicted octanol–water partition coefficient (Wildman–Crippen LogP) is 5.49. The standard InChI is InChI=1S/C33H42N6O6/c1-10-43-31(40)28-24-14-23(38-15-19(2)39(20(3)16-38)32(41)45-33(5,6)7)11-12-26(24)34-30(35-28)25-13-22-17-37(8)36-27(22)21(4)29(25)44-18-42-9/h11-14,17,19-20H,10,15-16,18H2,1-9H3/t19-,20-/m1/s1. The Balaban J connectivity index is 1.57. The van der Waals surface area contributed by atoms with Gasteiger partial charge in [-0.3, -0.25) is 9.58 Å². The number of fused-ring (bicyclic) bond motifs is 2. The van der Waals surface area contributed by atoms with E-state index in [4.69, 9.17) is 28.9 Å². The number of amides is 1. The second kappa shape index (κ2) is 12.5. The molecule has 1 saturated heterocycles. The number of aromatic nitrogens is 4. The molecule has 12 heteroatoms. The summed E-state index contributed by atoms with van der Waals surface area (Å²) in [6.07, 6.45) is 1.59. The third kappa shape index (κ3) is 6.51. The lowest BCUT2D eigenvalue weighted by Gasteiger charge is -2.45. The minimum atomic E-state index is -0.576. The first-order valence-corrected chi connectivity index (χ1v) is 15.2. The van der Waals surface area contributed by atoms with Crippen molar-refractivity contribution in [3.8, 4) is 17.1 Å². The molecule has 0 N–H and O–H groups in total. The smallest absolute Gasteiger partial charge is 0.410 e. The number of aryl methyl sites for hydroxylation is 2. The van der Waals surface area contributed by atoms with Crippen LogP contribution in [0.1, 0.15) is 57.6 Å². The summed E-state index contributed by atoms with van der Waals surface area (Å²) in [5, 5.41) is 6.04. The number of esters is 1. The molecule has 2 aromatic heterocycles. The van der Waals surface area contributed by atoms with E-state index in [1.165, 1.54) is 0 Å². The number of methoxy groups -OCH3 is 1. The van der Waals surface area contributed by atoms with Crippen molar-refractivity contribution in [2.24, 2.45) is 7.05 Å². The number of rotatable bonds is 7. The van der Waals surface area contributed by atoms with Crippen LogP contribution in [0.25, 0.3) is 33.2 Å². The highest BCUT2D eigenvalue weighted by Crippen LogP contribution is 2.38. The van der Waals surface area contributed by atoms with Crippen LogP contribution in [0.4, 0.5) is 10.5 Å². The minimum absolute atomic E-state index is 0.0197. The zero-order chi connectivity index (χ0) is 32.6. The molecule has 3 heterocycles. The Morgan fingerprint density at radius 1 is 1.07 bits per heavy atom. The third-order valence-electron chi connectivity index (χ3n) is 7.70. The highest BCUT2D eigenvalue weighted by Gasteiger charge is 2.36. The van der Waals surface area contributed by atoms with Crippen molar-refractivity contribution in [1.29, 1.82) is 0 Å². The number of hydrogen-bond donors (Lipinski definition) is 0. The maximum Gasteiger partial charge on any atom is 0.410 e. The number of anilines is 1. The molecule has 0 aliphatic carbocycles. The zero-order valence-corrected chi connectivity index (χ0v) is 27.5. The molecule has 0 saturated carbocycles. The molecule has 1 amide bonds. The predicted molar refractivity (Wildman–Crippen MR) is 172 cm³/mol. The van der Waals surface area contributed by atoms with E-state index in [0.29, 0.717) is 41.1 Å². The first-order chi connectivity index (χ1) is 21.3. The molecule has 0 spiro atoms. The lowest BCUT2D eigenvalue weighted by atomic mass is 10.0. The van der Waals surface area contributed by atoms with Gasteiger partial charge in [-0.15, -0.1) is 0 Å². The van der Waals surface area contributed by atoms with Crippen LogP contribution >= 0.6 is 0 Å². The molecule has 0 radical (unpaired) electrons. The molecular formula is C33H42N6O6. The van der Waals surface area contributed by atoms with E-state index in [1.54, 1.807) is 23.6 Å². The Morgan fingerprint density at radius 3 is 2.42 bits per heavy atom. The number of benzene rings is 2. The average molecular weight is 619 g/mol. The lowest BCUT2D eigenvalue weighted by molar-refractivity contribution is 0.00563. The molecule has 1 aliphatic heterocycles. The Hall–Kier alpha value is -4.45. The molecule has 0 bridgehead atoms. The van der Waals surface area contributed by atoms with Gasteiger partial charge in [0.15, 0.2) is 18.3 Å². The monoisotopic (exact) mass is 618 g/mol. The second-order valence-corrected chi connectivity index (χ2v) is 12.5. The number of ether oxygens (including phenoxy) is 4. The van der Waals surface area contributed by atoms with Crippen molar-refractivity contribution in [3.63, 3.8) is 0 Å². The first-order valence-electron chi connectivity index (χ1n) is 15.2. The maximum absolute atomic E-state index is 13.4. The van der Waals surface area contributed by atoms with E-state index in [9.17, 15) is 9.59 Å². The summed E-state index contributed by atoms with van der Waals surface area (Å²) in [5.41, 5.74) is 3.28. The molecule has 1 aliphatic rings. The summed E-state index contributed by atoms with van der Waals surface area (Å²) in [5.74, 6) is 0.310. The largest absolute Gasteiger partial charge is 0.466 e. The molecule has 12 nitrogen and oxygen atoms in total. The Kier molecular flexibility index (Phi) is 8.88. The molecule has 2 aromatic carbocycles. The van der Waals surface area contributed by atoms with Gasteiger partial charge in [0.25, 0.3) is 0 Å². The second-order valence-electron chi connectivity index (χ2n) is 12.5. The van der Waals surface area contributed by atoms with Gasteiger partial charge >= 0.3 is 12.1 Å².